The van der Waals surface area contributed by atoms with Gasteiger partial charge >= 0.3 is 0 Å². The summed E-state index contributed by atoms with van der Waals surface area (Å²) in [5, 5.41) is 6.82. The number of benzene rings is 3. The number of hydrogen-bond donors (Lipinski definition) is 2. The first-order chi connectivity index (χ1) is 19.9. The third kappa shape index (κ3) is 8.09. The number of piperidine rings is 2. The summed E-state index contributed by atoms with van der Waals surface area (Å²) in [6.45, 7) is 5.60. The number of anilines is 1. The van der Waals surface area contributed by atoms with Crippen molar-refractivity contribution in [3.63, 3.8) is 0 Å². The molecular formula is C32H35BrFN5O2. The van der Waals surface area contributed by atoms with Crippen molar-refractivity contribution in [2.75, 3.05) is 31.5 Å². The van der Waals surface area contributed by atoms with Crippen LogP contribution in [-0.4, -0.2) is 60.0 Å². The lowest BCUT2D eigenvalue weighted by molar-refractivity contribution is 0.0896. The second kappa shape index (κ2) is 14.0. The van der Waals surface area contributed by atoms with Gasteiger partial charge in [0, 0.05) is 22.6 Å². The monoisotopic (exact) mass is 619 g/mol. The summed E-state index contributed by atoms with van der Waals surface area (Å²) in [6.07, 6.45) is 7.92. The lowest BCUT2D eigenvalue weighted by atomic mass is 9.99. The fourth-order valence-corrected chi connectivity index (χ4v) is 5.89. The van der Waals surface area contributed by atoms with Gasteiger partial charge in [-0.25, -0.2) is 9.82 Å². The molecule has 0 aromatic heterocycles. The fourth-order valence-electron chi connectivity index (χ4n) is 5.53. The highest BCUT2D eigenvalue weighted by atomic mass is 79.9. The van der Waals surface area contributed by atoms with E-state index in [4.69, 9.17) is 0 Å². The van der Waals surface area contributed by atoms with E-state index in [2.05, 4.69) is 41.6 Å². The Labute approximate surface area is 248 Å². The molecule has 0 radical (unpaired) electrons. The molecule has 2 heterocycles. The molecule has 2 amide bonds. The molecule has 41 heavy (non-hydrogen) atoms. The summed E-state index contributed by atoms with van der Waals surface area (Å²) in [6, 6.07) is 19.2. The van der Waals surface area contributed by atoms with E-state index in [1.165, 1.54) is 69.1 Å². The van der Waals surface area contributed by atoms with Crippen molar-refractivity contribution in [2.24, 2.45) is 5.10 Å². The van der Waals surface area contributed by atoms with Gasteiger partial charge in [-0.2, -0.15) is 5.10 Å². The third-order valence-corrected chi connectivity index (χ3v) is 8.30. The van der Waals surface area contributed by atoms with Crippen LogP contribution in [0.2, 0.25) is 0 Å². The second-order valence-corrected chi connectivity index (χ2v) is 11.6. The highest BCUT2D eigenvalue weighted by Crippen LogP contribution is 2.24. The van der Waals surface area contributed by atoms with Crippen LogP contribution in [0.25, 0.3) is 0 Å². The molecule has 214 valence electrons. The molecule has 2 aliphatic rings. The number of likely N-dealkylation sites (tertiary alicyclic amines) is 2. The molecule has 5 rings (SSSR count). The zero-order valence-electron chi connectivity index (χ0n) is 23.0. The van der Waals surface area contributed by atoms with E-state index in [9.17, 15) is 14.0 Å². The third-order valence-electron chi connectivity index (χ3n) is 7.81. The standard InChI is InChI=1S/C32H35BrFN5O2/c33-26-10-13-30(29(20-26)32(41)37-35-21-23-6-11-27(34)12-7-23)36-31(40)25-8-4-24(5-9-25)22-38-18-14-28(15-19-38)39-16-2-1-3-17-39/h4-13,20-21,28H,1-3,14-19,22H2,(H,36,40)(H,37,41). The van der Waals surface area contributed by atoms with Crippen LogP contribution in [0.1, 0.15) is 63.9 Å². The topological polar surface area (TPSA) is 77.0 Å². The van der Waals surface area contributed by atoms with Crippen LogP contribution >= 0.6 is 15.9 Å². The Bertz CT molecular complexity index is 1370. The summed E-state index contributed by atoms with van der Waals surface area (Å²) in [5.41, 5.74) is 5.43. The Balaban J connectivity index is 1.15. The van der Waals surface area contributed by atoms with E-state index < -0.39 is 5.91 Å². The predicted octanol–water partition coefficient (Wildman–Crippen LogP) is 6.05. The normalized spacial score (nSPS) is 17.0. The van der Waals surface area contributed by atoms with Gasteiger partial charge in [-0.05, 0) is 105 Å². The van der Waals surface area contributed by atoms with E-state index >= 15 is 0 Å². The lowest BCUT2D eigenvalue weighted by Gasteiger charge is -2.40. The van der Waals surface area contributed by atoms with Gasteiger partial charge < -0.3 is 10.2 Å². The Morgan fingerprint density at radius 3 is 2.32 bits per heavy atom. The van der Waals surface area contributed by atoms with Crippen LogP contribution in [0.4, 0.5) is 10.1 Å². The Hall–Kier alpha value is -3.40. The Kier molecular flexibility index (Phi) is 9.92. The van der Waals surface area contributed by atoms with Crippen molar-refractivity contribution in [1.82, 2.24) is 15.2 Å². The van der Waals surface area contributed by atoms with Gasteiger partial charge in [0.2, 0.25) is 0 Å². The average molecular weight is 621 g/mol. The predicted molar refractivity (Wildman–Crippen MR) is 164 cm³/mol. The number of carbonyl (C=O) groups excluding carboxylic acids is 2. The highest BCUT2D eigenvalue weighted by molar-refractivity contribution is 9.10. The van der Waals surface area contributed by atoms with Crippen molar-refractivity contribution in [3.8, 4) is 0 Å². The average Bonchev–Trinajstić information content (AvgIpc) is 3.00. The first-order valence-corrected chi connectivity index (χ1v) is 15.0. The van der Waals surface area contributed by atoms with E-state index in [1.807, 2.05) is 24.3 Å². The van der Waals surface area contributed by atoms with Crippen LogP contribution in [0, 0.1) is 5.82 Å². The molecule has 7 nitrogen and oxygen atoms in total. The van der Waals surface area contributed by atoms with Crippen LogP contribution < -0.4 is 10.7 Å². The summed E-state index contributed by atoms with van der Waals surface area (Å²) >= 11 is 3.39. The minimum absolute atomic E-state index is 0.258. The summed E-state index contributed by atoms with van der Waals surface area (Å²) in [4.78, 5) is 31.1. The minimum Gasteiger partial charge on any atom is -0.321 e. The number of rotatable bonds is 8. The van der Waals surface area contributed by atoms with Gasteiger partial charge in [0.1, 0.15) is 5.82 Å². The van der Waals surface area contributed by atoms with Crippen LogP contribution in [-0.2, 0) is 6.54 Å². The molecule has 3 aromatic carbocycles. The molecule has 0 atom stereocenters. The van der Waals surface area contributed by atoms with Crippen molar-refractivity contribution >= 4 is 39.6 Å². The molecule has 3 aromatic rings. The molecule has 0 saturated carbocycles. The van der Waals surface area contributed by atoms with Crippen molar-refractivity contribution in [3.05, 3.63) is 99.3 Å². The molecule has 0 aliphatic carbocycles. The SMILES string of the molecule is O=C(Nc1ccc(Br)cc1C(=O)NN=Cc1ccc(F)cc1)c1ccc(CN2CCC(N3CCCCC3)CC2)cc1. The van der Waals surface area contributed by atoms with Gasteiger partial charge in [0.15, 0.2) is 0 Å². The van der Waals surface area contributed by atoms with Crippen LogP contribution in [0.5, 0.6) is 0 Å². The smallest absolute Gasteiger partial charge is 0.273 e. The number of hydrogen-bond acceptors (Lipinski definition) is 5. The van der Waals surface area contributed by atoms with Gasteiger partial charge in [-0.1, -0.05) is 46.6 Å². The number of nitrogens with one attached hydrogen (secondary N) is 2. The lowest BCUT2D eigenvalue weighted by Crippen LogP contribution is -2.46. The second-order valence-electron chi connectivity index (χ2n) is 10.7. The van der Waals surface area contributed by atoms with Crippen molar-refractivity contribution in [2.45, 2.75) is 44.7 Å². The molecule has 2 saturated heterocycles. The van der Waals surface area contributed by atoms with E-state index in [1.54, 1.807) is 30.3 Å². The van der Waals surface area contributed by atoms with Crippen molar-refractivity contribution in [1.29, 1.82) is 0 Å². The van der Waals surface area contributed by atoms with Gasteiger partial charge in [0.25, 0.3) is 11.8 Å². The summed E-state index contributed by atoms with van der Waals surface area (Å²) in [5.74, 6) is -1.14. The molecule has 0 bridgehead atoms. The van der Waals surface area contributed by atoms with Crippen LogP contribution in [0.3, 0.4) is 0 Å². The number of hydrazone groups is 1. The largest absolute Gasteiger partial charge is 0.321 e. The van der Waals surface area contributed by atoms with Crippen molar-refractivity contribution < 1.29 is 14.0 Å². The quantitative estimate of drug-likeness (QED) is 0.237. The Morgan fingerprint density at radius 1 is 0.902 bits per heavy atom. The van der Waals surface area contributed by atoms with E-state index in [-0.39, 0.29) is 17.3 Å². The van der Waals surface area contributed by atoms with Gasteiger partial charge in [0.05, 0.1) is 17.5 Å². The first kappa shape index (κ1) is 29.1. The molecule has 9 heteroatoms. The molecule has 2 N–H and O–H groups in total. The molecular weight excluding hydrogens is 585 g/mol. The van der Waals surface area contributed by atoms with Crippen LogP contribution in [0.15, 0.2) is 76.3 Å². The maximum atomic E-state index is 13.1. The zero-order valence-corrected chi connectivity index (χ0v) is 24.6. The van der Waals surface area contributed by atoms with E-state index in [0.29, 0.717) is 21.3 Å². The number of amides is 2. The van der Waals surface area contributed by atoms with Gasteiger partial charge in [-0.3, -0.25) is 14.5 Å². The maximum Gasteiger partial charge on any atom is 0.273 e. The molecule has 0 unspecified atom stereocenters. The number of carbonyl (C=O) groups is 2. The summed E-state index contributed by atoms with van der Waals surface area (Å²) < 4.78 is 13.8. The molecule has 0 spiro atoms. The number of nitrogens with zero attached hydrogens (tertiary/aromatic N) is 3. The Morgan fingerprint density at radius 2 is 1.61 bits per heavy atom. The minimum atomic E-state index is -0.487. The first-order valence-electron chi connectivity index (χ1n) is 14.2. The molecule has 2 fully saturated rings. The maximum absolute atomic E-state index is 13.1. The number of halogens is 2. The molecule has 2 aliphatic heterocycles. The van der Waals surface area contributed by atoms with E-state index in [0.717, 1.165) is 25.7 Å². The summed E-state index contributed by atoms with van der Waals surface area (Å²) in [7, 11) is 0. The zero-order chi connectivity index (χ0) is 28.6. The fraction of sp³-hybridized carbons (Fsp3) is 0.344. The van der Waals surface area contributed by atoms with Gasteiger partial charge in [-0.15, -0.1) is 0 Å². The highest BCUT2D eigenvalue weighted by Gasteiger charge is 2.25.